The lowest BCUT2D eigenvalue weighted by Gasteiger charge is -2.26. The van der Waals surface area contributed by atoms with Gasteiger partial charge in [0.1, 0.15) is 5.84 Å². The molecular weight excluding hydrogens is 332 g/mol. The number of allylic oxidation sites excluding steroid dienone is 1. The summed E-state index contributed by atoms with van der Waals surface area (Å²) in [5, 5.41) is 19.3. The largest absolute Gasteiger partial charge is 0.504 e. The SMILES string of the molecule is C=C(S)C(N=C(Cc1ccc(O)c(O)c1)N(CCC)CCC)=C1CC1. The predicted molar refractivity (Wildman–Crippen MR) is 107 cm³/mol. The highest BCUT2D eigenvalue weighted by molar-refractivity contribution is 7.84. The van der Waals surface area contributed by atoms with Gasteiger partial charge in [-0.25, -0.2) is 4.99 Å². The van der Waals surface area contributed by atoms with Gasteiger partial charge < -0.3 is 15.1 Å². The van der Waals surface area contributed by atoms with Gasteiger partial charge in [-0.2, -0.15) is 0 Å². The molecule has 0 unspecified atom stereocenters. The van der Waals surface area contributed by atoms with E-state index in [1.54, 1.807) is 6.07 Å². The Bertz CT molecular complexity index is 683. The van der Waals surface area contributed by atoms with Crippen LogP contribution in [0, 0.1) is 0 Å². The molecule has 0 amide bonds. The van der Waals surface area contributed by atoms with Crippen LogP contribution in [-0.4, -0.2) is 34.0 Å². The molecule has 1 aromatic rings. The van der Waals surface area contributed by atoms with E-state index in [-0.39, 0.29) is 11.5 Å². The van der Waals surface area contributed by atoms with Crippen molar-refractivity contribution in [1.29, 1.82) is 0 Å². The van der Waals surface area contributed by atoms with Gasteiger partial charge in [0.2, 0.25) is 0 Å². The minimum atomic E-state index is -0.106. The van der Waals surface area contributed by atoms with Crippen molar-refractivity contribution < 1.29 is 10.2 Å². The highest BCUT2D eigenvalue weighted by Gasteiger charge is 2.20. The van der Waals surface area contributed by atoms with Crippen molar-refractivity contribution in [3.05, 3.63) is 46.5 Å². The number of aliphatic imine (C=N–C) groups is 1. The Labute approximate surface area is 156 Å². The molecule has 0 heterocycles. The Morgan fingerprint density at radius 1 is 1.16 bits per heavy atom. The fraction of sp³-hybridized carbons (Fsp3) is 0.450. The number of thiol groups is 1. The van der Waals surface area contributed by atoms with Crippen LogP contribution in [-0.2, 0) is 6.42 Å². The Balaban J connectivity index is 2.38. The van der Waals surface area contributed by atoms with Crippen molar-refractivity contribution in [2.24, 2.45) is 4.99 Å². The topological polar surface area (TPSA) is 56.1 Å². The van der Waals surface area contributed by atoms with E-state index in [1.165, 1.54) is 11.6 Å². The third-order valence-corrected chi connectivity index (χ3v) is 4.32. The number of benzene rings is 1. The zero-order valence-corrected chi connectivity index (χ0v) is 16.0. The number of amidine groups is 1. The van der Waals surface area contributed by atoms with Crippen LogP contribution in [0.1, 0.15) is 45.1 Å². The molecule has 0 bridgehead atoms. The van der Waals surface area contributed by atoms with Crippen LogP contribution < -0.4 is 0 Å². The Kier molecular flexibility index (Phi) is 7.00. The number of hydrogen-bond donors (Lipinski definition) is 3. The summed E-state index contributed by atoms with van der Waals surface area (Å²) in [6.07, 6.45) is 4.79. The second-order valence-corrected chi connectivity index (χ2v) is 6.95. The van der Waals surface area contributed by atoms with E-state index < -0.39 is 0 Å². The summed E-state index contributed by atoms with van der Waals surface area (Å²) in [6.45, 7) is 10.1. The molecule has 0 radical (unpaired) electrons. The lowest BCUT2D eigenvalue weighted by molar-refractivity contribution is 0.402. The highest BCUT2D eigenvalue weighted by atomic mass is 32.1. The van der Waals surface area contributed by atoms with Crippen LogP contribution in [0.3, 0.4) is 0 Å². The Hall–Kier alpha value is -1.88. The second kappa shape index (κ2) is 8.99. The van der Waals surface area contributed by atoms with Gasteiger partial charge in [-0.05, 0) is 49.0 Å². The van der Waals surface area contributed by atoms with Crippen LogP contribution in [0.4, 0.5) is 0 Å². The summed E-state index contributed by atoms with van der Waals surface area (Å²) in [5.41, 5.74) is 3.12. The number of phenols is 2. The molecule has 2 rings (SSSR count). The van der Waals surface area contributed by atoms with Gasteiger partial charge in [0.25, 0.3) is 0 Å². The molecule has 5 heteroatoms. The lowest BCUT2D eigenvalue weighted by atomic mass is 10.1. The molecule has 0 aliphatic heterocycles. The third-order valence-electron chi connectivity index (χ3n) is 4.10. The number of aromatic hydroxyl groups is 2. The van der Waals surface area contributed by atoms with Crippen molar-refractivity contribution in [3.63, 3.8) is 0 Å². The number of phenolic OH excluding ortho intramolecular Hbond substituents is 2. The van der Waals surface area contributed by atoms with E-state index >= 15 is 0 Å². The van der Waals surface area contributed by atoms with Gasteiger partial charge in [-0.3, -0.25) is 0 Å². The zero-order valence-electron chi connectivity index (χ0n) is 15.1. The maximum atomic E-state index is 9.79. The smallest absolute Gasteiger partial charge is 0.157 e. The summed E-state index contributed by atoms with van der Waals surface area (Å²) >= 11 is 4.42. The van der Waals surface area contributed by atoms with Crippen LogP contribution in [0.5, 0.6) is 11.5 Å². The van der Waals surface area contributed by atoms with Crippen LogP contribution >= 0.6 is 12.6 Å². The van der Waals surface area contributed by atoms with Gasteiger partial charge in [-0.15, -0.1) is 12.6 Å². The van der Waals surface area contributed by atoms with E-state index in [9.17, 15) is 10.2 Å². The Morgan fingerprint density at radius 3 is 2.28 bits per heavy atom. The molecule has 1 fully saturated rings. The average Bonchev–Trinajstić information content (AvgIpc) is 3.39. The number of hydrogen-bond acceptors (Lipinski definition) is 4. The fourth-order valence-electron chi connectivity index (χ4n) is 2.77. The molecule has 1 aliphatic carbocycles. The van der Waals surface area contributed by atoms with Gasteiger partial charge in [0.15, 0.2) is 11.5 Å². The van der Waals surface area contributed by atoms with Gasteiger partial charge >= 0.3 is 0 Å². The van der Waals surface area contributed by atoms with Crippen molar-refractivity contribution in [2.45, 2.75) is 46.0 Å². The van der Waals surface area contributed by atoms with Crippen molar-refractivity contribution >= 4 is 18.5 Å². The van der Waals surface area contributed by atoms with Gasteiger partial charge in [0, 0.05) is 24.4 Å². The first kappa shape index (κ1) is 19.4. The lowest BCUT2D eigenvalue weighted by Crippen LogP contribution is -2.34. The summed E-state index contributed by atoms with van der Waals surface area (Å²) in [7, 11) is 0. The van der Waals surface area contributed by atoms with Gasteiger partial charge in [0.05, 0.1) is 5.70 Å². The first-order valence-corrected chi connectivity index (χ1v) is 9.34. The van der Waals surface area contributed by atoms with Crippen molar-refractivity contribution in [3.8, 4) is 11.5 Å². The summed E-state index contributed by atoms with van der Waals surface area (Å²) in [6, 6.07) is 4.94. The highest BCUT2D eigenvalue weighted by Crippen LogP contribution is 2.36. The molecule has 1 saturated carbocycles. The molecule has 25 heavy (non-hydrogen) atoms. The zero-order chi connectivity index (χ0) is 18.4. The standard InChI is InChI=1S/C20H28N2O2S/c1-4-10-22(11-5-2)19(21-20(14(3)25)16-7-8-16)13-15-6-9-17(23)18(24)12-15/h6,9,12,23-25H,3-5,7-8,10-11,13H2,1-2H3. The van der Waals surface area contributed by atoms with E-state index in [0.29, 0.717) is 11.3 Å². The minimum absolute atomic E-state index is 0.103. The monoisotopic (exact) mass is 360 g/mol. The van der Waals surface area contributed by atoms with Crippen LogP contribution in [0.25, 0.3) is 0 Å². The molecule has 4 nitrogen and oxygen atoms in total. The van der Waals surface area contributed by atoms with Crippen LogP contribution in [0.15, 0.2) is 45.9 Å². The Morgan fingerprint density at radius 2 is 1.80 bits per heavy atom. The molecule has 1 aliphatic rings. The summed E-state index contributed by atoms with van der Waals surface area (Å²) in [4.78, 5) is 7.92. The summed E-state index contributed by atoms with van der Waals surface area (Å²) < 4.78 is 0. The maximum Gasteiger partial charge on any atom is 0.157 e. The normalized spacial score (nSPS) is 13.7. The molecule has 0 spiro atoms. The fourth-order valence-corrected chi connectivity index (χ4v) is 2.98. The van der Waals surface area contributed by atoms with E-state index in [4.69, 9.17) is 4.99 Å². The van der Waals surface area contributed by atoms with E-state index in [0.717, 1.165) is 55.9 Å². The maximum absolute atomic E-state index is 9.79. The predicted octanol–water partition coefficient (Wildman–Crippen LogP) is 4.65. The third kappa shape index (κ3) is 5.56. The first-order valence-electron chi connectivity index (χ1n) is 8.89. The first-order chi connectivity index (χ1) is 12.0. The molecular formula is C20H28N2O2S. The van der Waals surface area contributed by atoms with Gasteiger partial charge in [-0.1, -0.05) is 26.5 Å². The molecule has 136 valence electrons. The van der Waals surface area contributed by atoms with E-state index in [2.05, 4.69) is 38.0 Å². The molecule has 2 N–H and O–H groups in total. The second-order valence-electron chi connectivity index (χ2n) is 6.41. The molecule has 0 aromatic heterocycles. The summed E-state index contributed by atoms with van der Waals surface area (Å²) in [5.74, 6) is 0.748. The van der Waals surface area contributed by atoms with Crippen molar-refractivity contribution in [2.75, 3.05) is 13.1 Å². The van der Waals surface area contributed by atoms with Crippen LogP contribution in [0.2, 0.25) is 0 Å². The molecule has 1 aromatic carbocycles. The number of rotatable bonds is 8. The quantitative estimate of drug-likeness (QED) is 0.274. The van der Waals surface area contributed by atoms with Crippen molar-refractivity contribution in [1.82, 2.24) is 4.90 Å². The molecule has 0 atom stereocenters. The minimum Gasteiger partial charge on any atom is -0.504 e. The van der Waals surface area contributed by atoms with E-state index in [1.807, 2.05) is 6.07 Å². The average molecular weight is 361 g/mol. The number of nitrogens with zero attached hydrogens (tertiary/aromatic N) is 2. The molecule has 0 saturated heterocycles.